The van der Waals surface area contributed by atoms with Crippen LogP contribution in [-0.4, -0.2) is 6.04 Å². The van der Waals surface area contributed by atoms with Crippen molar-refractivity contribution in [2.45, 2.75) is 24.8 Å². The lowest BCUT2D eigenvalue weighted by molar-refractivity contribution is 0.578. The summed E-state index contributed by atoms with van der Waals surface area (Å²) in [5.74, 6) is 1.21. The van der Waals surface area contributed by atoms with Gasteiger partial charge in [-0.15, -0.1) is 0 Å². The molecule has 2 aromatic carbocycles. The van der Waals surface area contributed by atoms with Gasteiger partial charge in [-0.1, -0.05) is 63.9 Å². The smallest absolute Gasteiger partial charge is 0.0449 e. The Morgan fingerprint density at radius 2 is 1.95 bits per heavy atom. The fourth-order valence-electron chi connectivity index (χ4n) is 2.86. The van der Waals surface area contributed by atoms with Crippen LogP contribution >= 0.6 is 27.5 Å². The second-order valence-electron chi connectivity index (χ2n) is 5.52. The first-order chi connectivity index (χ1) is 9.65. The zero-order valence-corrected chi connectivity index (χ0v) is 13.4. The number of hydrogen-bond donors (Lipinski definition) is 1. The highest BCUT2D eigenvalue weighted by Crippen LogP contribution is 2.49. The zero-order valence-electron chi connectivity index (χ0n) is 11.1. The fourth-order valence-corrected chi connectivity index (χ4v) is 3.61. The minimum Gasteiger partial charge on any atom is -0.327 e. The molecule has 0 bridgehead atoms. The average molecular weight is 351 g/mol. The highest BCUT2D eigenvalue weighted by atomic mass is 79.9. The summed E-state index contributed by atoms with van der Waals surface area (Å²) in [6.07, 6.45) is 2.04. The highest BCUT2D eigenvalue weighted by molar-refractivity contribution is 9.10. The standard InChI is InChI=1S/C17H17BrClN/c18-13-7-6-12(16(19)9-13)8-17(20)15-10-14(15)11-4-2-1-3-5-11/h1-7,9,14-15,17H,8,10,20H2. The van der Waals surface area contributed by atoms with Gasteiger partial charge in [-0.25, -0.2) is 0 Å². The molecular weight excluding hydrogens is 334 g/mol. The Morgan fingerprint density at radius 1 is 1.20 bits per heavy atom. The van der Waals surface area contributed by atoms with Crippen molar-refractivity contribution in [3.8, 4) is 0 Å². The minimum absolute atomic E-state index is 0.180. The first-order valence-electron chi connectivity index (χ1n) is 6.89. The van der Waals surface area contributed by atoms with Crippen LogP contribution in [0.3, 0.4) is 0 Å². The normalized spacial score (nSPS) is 22.6. The van der Waals surface area contributed by atoms with E-state index >= 15 is 0 Å². The molecule has 0 aromatic heterocycles. The summed E-state index contributed by atoms with van der Waals surface area (Å²) in [6.45, 7) is 0. The van der Waals surface area contributed by atoms with Gasteiger partial charge < -0.3 is 5.73 Å². The van der Waals surface area contributed by atoms with Crippen molar-refractivity contribution in [3.63, 3.8) is 0 Å². The molecule has 1 aliphatic carbocycles. The van der Waals surface area contributed by atoms with Crippen LogP contribution in [0.25, 0.3) is 0 Å². The van der Waals surface area contributed by atoms with Crippen LogP contribution in [0.5, 0.6) is 0 Å². The molecule has 0 spiro atoms. The van der Waals surface area contributed by atoms with Crippen LogP contribution in [0.2, 0.25) is 5.02 Å². The van der Waals surface area contributed by atoms with Crippen LogP contribution in [-0.2, 0) is 6.42 Å². The quantitative estimate of drug-likeness (QED) is 0.844. The first kappa shape index (κ1) is 14.1. The van der Waals surface area contributed by atoms with E-state index in [1.165, 1.54) is 12.0 Å². The lowest BCUT2D eigenvalue weighted by Crippen LogP contribution is -2.26. The SMILES string of the molecule is NC(Cc1ccc(Br)cc1Cl)C1CC1c1ccccc1. The number of rotatable bonds is 4. The lowest BCUT2D eigenvalue weighted by atomic mass is 9.99. The molecule has 20 heavy (non-hydrogen) atoms. The average Bonchev–Trinajstić information content (AvgIpc) is 3.23. The van der Waals surface area contributed by atoms with Gasteiger partial charge >= 0.3 is 0 Å². The zero-order chi connectivity index (χ0) is 14.1. The predicted molar refractivity (Wildman–Crippen MR) is 88.1 cm³/mol. The number of nitrogens with two attached hydrogens (primary N) is 1. The first-order valence-corrected chi connectivity index (χ1v) is 8.06. The van der Waals surface area contributed by atoms with Crippen molar-refractivity contribution in [2.75, 3.05) is 0 Å². The van der Waals surface area contributed by atoms with Crippen molar-refractivity contribution in [1.29, 1.82) is 0 Å². The summed E-state index contributed by atoms with van der Waals surface area (Å²) in [7, 11) is 0. The minimum atomic E-state index is 0.180. The van der Waals surface area contributed by atoms with Crippen molar-refractivity contribution in [1.82, 2.24) is 0 Å². The Labute approximate surface area is 133 Å². The van der Waals surface area contributed by atoms with E-state index in [9.17, 15) is 0 Å². The summed E-state index contributed by atoms with van der Waals surface area (Å²) in [5.41, 5.74) is 8.93. The van der Waals surface area contributed by atoms with Crippen LogP contribution < -0.4 is 5.73 Å². The largest absolute Gasteiger partial charge is 0.327 e. The molecule has 1 nitrogen and oxygen atoms in total. The van der Waals surface area contributed by atoms with E-state index in [2.05, 4.69) is 52.3 Å². The van der Waals surface area contributed by atoms with Crippen LogP contribution in [0.1, 0.15) is 23.5 Å². The molecular formula is C17H17BrClN. The number of benzene rings is 2. The monoisotopic (exact) mass is 349 g/mol. The maximum atomic E-state index is 6.38. The lowest BCUT2D eigenvalue weighted by Gasteiger charge is -2.13. The van der Waals surface area contributed by atoms with E-state index < -0.39 is 0 Å². The van der Waals surface area contributed by atoms with E-state index in [1.807, 2.05) is 12.1 Å². The van der Waals surface area contributed by atoms with Crippen molar-refractivity contribution in [2.24, 2.45) is 11.7 Å². The molecule has 104 valence electrons. The third-order valence-electron chi connectivity index (χ3n) is 4.09. The second-order valence-corrected chi connectivity index (χ2v) is 6.84. The van der Waals surface area contributed by atoms with Gasteiger partial charge in [0.1, 0.15) is 0 Å². The third-order valence-corrected chi connectivity index (χ3v) is 4.93. The molecule has 0 heterocycles. The number of halogens is 2. The summed E-state index contributed by atoms with van der Waals surface area (Å²) in [5, 5.41) is 0.798. The van der Waals surface area contributed by atoms with E-state index in [4.69, 9.17) is 17.3 Å². The van der Waals surface area contributed by atoms with E-state index in [1.54, 1.807) is 0 Å². The number of hydrogen-bond acceptors (Lipinski definition) is 1. The van der Waals surface area contributed by atoms with E-state index in [-0.39, 0.29) is 6.04 Å². The van der Waals surface area contributed by atoms with Crippen LogP contribution in [0.15, 0.2) is 53.0 Å². The molecule has 2 N–H and O–H groups in total. The van der Waals surface area contributed by atoms with Crippen LogP contribution in [0.4, 0.5) is 0 Å². The maximum absolute atomic E-state index is 6.38. The summed E-state index contributed by atoms with van der Waals surface area (Å²) in [6, 6.07) is 16.9. The summed E-state index contributed by atoms with van der Waals surface area (Å²) >= 11 is 9.69. The van der Waals surface area contributed by atoms with Crippen LogP contribution in [0, 0.1) is 5.92 Å². The molecule has 0 amide bonds. The summed E-state index contributed by atoms with van der Waals surface area (Å²) < 4.78 is 1.01. The maximum Gasteiger partial charge on any atom is 0.0449 e. The highest BCUT2D eigenvalue weighted by Gasteiger charge is 2.42. The van der Waals surface area contributed by atoms with Gasteiger partial charge in [0.25, 0.3) is 0 Å². The Bertz CT molecular complexity index is 599. The molecule has 1 aliphatic rings. The van der Waals surface area contributed by atoms with Gasteiger partial charge in [-0.2, -0.15) is 0 Å². The Hall–Kier alpha value is -0.830. The van der Waals surface area contributed by atoms with Crippen molar-refractivity contribution in [3.05, 3.63) is 69.2 Å². The molecule has 1 fully saturated rings. The van der Waals surface area contributed by atoms with Gasteiger partial charge in [0.15, 0.2) is 0 Å². The second kappa shape index (κ2) is 5.88. The molecule has 0 saturated heterocycles. The molecule has 1 saturated carbocycles. The Morgan fingerprint density at radius 3 is 2.65 bits per heavy atom. The Balaban J connectivity index is 1.65. The van der Waals surface area contributed by atoms with Gasteiger partial charge in [0.2, 0.25) is 0 Å². The predicted octanol–water partition coefficient (Wildman–Crippen LogP) is 4.78. The molecule has 3 rings (SSSR count). The summed E-state index contributed by atoms with van der Waals surface area (Å²) in [4.78, 5) is 0. The van der Waals surface area contributed by atoms with Crippen molar-refractivity contribution < 1.29 is 0 Å². The van der Waals surface area contributed by atoms with E-state index in [0.717, 1.165) is 21.5 Å². The fraction of sp³-hybridized carbons (Fsp3) is 0.294. The molecule has 3 heteroatoms. The third kappa shape index (κ3) is 3.08. The molecule has 0 aliphatic heterocycles. The van der Waals surface area contributed by atoms with Gasteiger partial charge in [-0.05, 0) is 47.9 Å². The van der Waals surface area contributed by atoms with Gasteiger partial charge in [-0.3, -0.25) is 0 Å². The molecule has 2 aromatic rings. The topological polar surface area (TPSA) is 26.0 Å². The van der Waals surface area contributed by atoms with Crippen molar-refractivity contribution >= 4 is 27.5 Å². The van der Waals surface area contributed by atoms with Gasteiger partial charge in [0, 0.05) is 15.5 Å². The molecule has 0 radical (unpaired) electrons. The Kier molecular flexibility index (Phi) is 4.16. The molecule has 3 atom stereocenters. The van der Waals surface area contributed by atoms with Gasteiger partial charge in [0.05, 0.1) is 0 Å². The van der Waals surface area contributed by atoms with E-state index in [0.29, 0.717) is 11.8 Å². The molecule has 3 unspecified atom stereocenters.